The molecule has 118 valence electrons. The van der Waals surface area contributed by atoms with E-state index in [4.69, 9.17) is 9.47 Å². The van der Waals surface area contributed by atoms with Crippen molar-refractivity contribution in [3.63, 3.8) is 0 Å². The lowest BCUT2D eigenvalue weighted by atomic mass is 10.1. The number of hydrogen-bond donors (Lipinski definition) is 1. The lowest BCUT2D eigenvalue weighted by molar-refractivity contribution is 0.102. The number of aryl methyl sites for hydroxylation is 2. The van der Waals surface area contributed by atoms with Gasteiger partial charge in [0.05, 0.1) is 31.3 Å². The maximum Gasteiger partial charge on any atom is 0.255 e. The van der Waals surface area contributed by atoms with Gasteiger partial charge in [-0.1, -0.05) is 0 Å². The number of anilines is 1. The van der Waals surface area contributed by atoms with Gasteiger partial charge in [-0.3, -0.25) is 9.48 Å². The third-order valence-electron chi connectivity index (χ3n) is 3.57. The summed E-state index contributed by atoms with van der Waals surface area (Å²) in [7, 11) is 3.10. The summed E-state index contributed by atoms with van der Waals surface area (Å²) < 4.78 is 12.3. The smallest absolute Gasteiger partial charge is 0.255 e. The van der Waals surface area contributed by atoms with E-state index in [2.05, 4.69) is 10.4 Å². The van der Waals surface area contributed by atoms with E-state index < -0.39 is 0 Å². The predicted molar refractivity (Wildman–Crippen MR) is 84.9 cm³/mol. The fraction of sp³-hybridized carbons (Fsp3) is 0.375. The van der Waals surface area contributed by atoms with Gasteiger partial charge in [0.2, 0.25) is 0 Å². The Hall–Kier alpha value is -2.50. The van der Waals surface area contributed by atoms with E-state index in [1.54, 1.807) is 32.4 Å². The van der Waals surface area contributed by atoms with Crippen molar-refractivity contribution in [2.24, 2.45) is 0 Å². The Morgan fingerprint density at radius 3 is 2.45 bits per heavy atom. The van der Waals surface area contributed by atoms with Crippen LogP contribution in [-0.4, -0.2) is 29.9 Å². The molecule has 0 saturated heterocycles. The molecule has 2 rings (SSSR count). The zero-order chi connectivity index (χ0) is 16.3. The van der Waals surface area contributed by atoms with Crippen LogP contribution < -0.4 is 14.8 Å². The van der Waals surface area contributed by atoms with Gasteiger partial charge in [-0.15, -0.1) is 0 Å². The molecule has 0 fully saturated rings. The van der Waals surface area contributed by atoms with Crippen LogP contribution in [0.4, 0.5) is 5.69 Å². The minimum atomic E-state index is -0.206. The number of ether oxygens (including phenoxy) is 2. The van der Waals surface area contributed by atoms with Gasteiger partial charge in [-0.25, -0.2) is 0 Å². The molecule has 0 radical (unpaired) electrons. The molecular formula is C16H21N3O3. The van der Waals surface area contributed by atoms with E-state index in [0.29, 0.717) is 17.1 Å². The summed E-state index contributed by atoms with van der Waals surface area (Å²) in [5.74, 6) is 0.904. The number of carbonyl (C=O) groups excluding carboxylic acids is 1. The number of rotatable bonds is 5. The molecule has 1 amide bonds. The van der Waals surface area contributed by atoms with E-state index >= 15 is 0 Å². The van der Waals surface area contributed by atoms with Crippen molar-refractivity contribution in [3.05, 3.63) is 35.2 Å². The normalized spacial score (nSPS) is 10.4. The molecule has 1 N–H and O–H groups in total. The Morgan fingerprint density at radius 2 is 1.91 bits per heavy atom. The highest BCUT2D eigenvalue weighted by Gasteiger charge is 2.16. The summed E-state index contributed by atoms with van der Waals surface area (Å²) in [5.41, 5.74) is 2.99. The average molecular weight is 303 g/mol. The van der Waals surface area contributed by atoms with E-state index in [-0.39, 0.29) is 5.91 Å². The number of amides is 1. The van der Waals surface area contributed by atoms with Crippen LogP contribution in [0.2, 0.25) is 0 Å². The molecule has 1 heterocycles. The lowest BCUT2D eigenvalue weighted by Crippen LogP contribution is -2.13. The quantitative estimate of drug-likeness (QED) is 0.922. The van der Waals surface area contributed by atoms with Crippen LogP contribution in [0.3, 0.4) is 0 Å². The van der Waals surface area contributed by atoms with E-state index in [0.717, 1.165) is 23.6 Å². The second-order valence-corrected chi connectivity index (χ2v) is 4.89. The molecule has 0 aliphatic carbocycles. The summed E-state index contributed by atoms with van der Waals surface area (Å²) >= 11 is 0. The summed E-state index contributed by atoms with van der Waals surface area (Å²) in [6.07, 6.45) is 0. The van der Waals surface area contributed by atoms with Crippen molar-refractivity contribution in [1.29, 1.82) is 0 Å². The monoisotopic (exact) mass is 303 g/mol. The van der Waals surface area contributed by atoms with Crippen molar-refractivity contribution in [2.75, 3.05) is 19.5 Å². The molecule has 0 spiro atoms. The van der Waals surface area contributed by atoms with E-state index in [1.807, 2.05) is 25.5 Å². The fourth-order valence-corrected chi connectivity index (χ4v) is 2.35. The Morgan fingerprint density at radius 1 is 1.23 bits per heavy atom. The van der Waals surface area contributed by atoms with Crippen LogP contribution in [-0.2, 0) is 6.54 Å². The summed E-state index contributed by atoms with van der Waals surface area (Å²) in [6, 6.07) is 5.07. The number of hydrogen-bond acceptors (Lipinski definition) is 4. The zero-order valence-corrected chi connectivity index (χ0v) is 13.6. The molecule has 0 aliphatic heterocycles. The molecular weight excluding hydrogens is 282 g/mol. The van der Waals surface area contributed by atoms with Gasteiger partial charge in [-0.05, 0) is 39.0 Å². The number of nitrogens with one attached hydrogen (secondary N) is 1. The molecule has 22 heavy (non-hydrogen) atoms. The highest BCUT2D eigenvalue weighted by molar-refractivity contribution is 6.05. The molecule has 0 aliphatic rings. The Labute approximate surface area is 130 Å². The third kappa shape index (κ3) is 2.90. The molecule has 6 nitrogen and oxygen atoms in total. The van der Waals surface area contributed by atoms with Crippen molar-refractivity contribution >= 4 is 11.6 Å². The van der Waals surface area contributed by atoms with Crippen molar-refractivity contribution in [2.45, 2.75) is 27.3 Å². The first-order valence-electron chi connectivity index (χ1n) is 7.09. The Kier molecular flexibility index (Phi) is 4.70. The van der Waals surface area contributed by atoms with E-state index in [1.165, 1.54) is 0 Å². The number of methoxy groups -OCH3 is 2. The second kappa shape index (κ2) is 6.51. The maximum absolute atomic E-state index is 12.4. The Balaban J connectivity index is 2.28. The number of nitrogens with zero attached hydrogens (tertiary/aromatic N) is 2. The standard InChI is InChI=1S/C16H21N3O3/c1-6-19-11(3)15(10(2)18-19)17-16(20)12-7-8-13(21-4)14(9-12)22-5/h7-9H,6H2,1-5H3,(H,17,20). The van der Waals surface area contributed by atoms with Crippen LogP contribution in [0.1, 0.15) is 28.7 Å². The molecule has 0 bridgehead atoms. The highest BCUT2D eigenvalue weighted by Crippen LogP contribution is 2.28. The summed E-state index contributed by atoms with van der Waals surface area (Å²) in [5, 5.41) is 7.31. The first-order valence-corrected chi connectivity index (χ1v) is 7.09. The topological polar surface area (TPSA) is 65.4 Å². The van der Waals surface area contributed by atoms with Gasteiger partial charge in [-0.2, -0.15) is 5.10 Å². The van der Waals surface area contributed by atoms with Crippen LogP contribution in [0.25, 0.3) is 0 Å². The lowest BCUT2D eigenvalue weighted by Gasteiger charge is -2.10. The van der Waals surface area contributed by atoms with Crippen molar-refractivity contribution in [3.8, 4) is 11.5 Å². The van der Waals surface area contributed by atoms with Gasteiger partial charge in [0.1, 0.15) is 0 Å². The zero-order valence-electron chi connectivity index (χ0n) is 13.6. The van der Waals surface area contributed by atoms with Crippen molar-refractivity contribution in [1.82, 2.24) is 9.78 Å². The molecule has 1 aromatic heterocycles. The Bertz CT molecular complexity index is 692. The number of benzene rings is 1. The van der Waals surface area contributed by atoms with Gasteiger partial charge in [0, 0.05) is 12.1 Å². The predicted octanol–water partition coefficient (Wildman–Crippen LogP) is 2.79. The minimum absolute atomic E-state index is 0.206. The molecule has 0 saturated carbocycles. The van der Waals surface area contributed by atoms with Gasteiger partial charge in [0.15, 0.2) is 11.5 Å². The maximum atomic E-state index is 12.4. The first-order chi connectivity index (χ1) is 10.5. The van der Waals surface area contributed by atoms with E-state index in [9.17, 15) is 4.79 Å². The SMILES string of the molecule is CCn1nc(C)c(NC(=O)c2ccc(OC)c(OC)c2)c1C. The molecule has 6 heteroatoms. The highest BCUT2D eigenvalue weighted by atomic mass is 16.5. The van der Waals surface area contributed by atoms with Crippen LogP contribution in [0, 0.1) is 13.8 Å². The van der Waals surface area contributed by atoms with Gasteiger partial charge in [0.25, 0.3) is 5.91 Å². The van der Waals surface area contributed by atoms with Crippen LogP contribution >= 0.6 is 0 Å². The largest absolute Gasteiger partial charge is 0.493 e. The first kappa shape index (κ1) is 15.9. The average Bonchev–Trinajstić information content (AvgIpc) is 2.81. The third-order valence-corrected chi connectivity index (χ3v) is 3.57. The molecule has 0 atom stereocenters. The minimum Gasteiger partial charge on any atom is -0.493 e. The van der Waals surface area contributed by atoms with Crippen LogP contribution in [0.15, 0.2) is 18.2 Å². The fourth-order valence-electron chi connectivity index (χ4n) is 2.35. The summed E-state index contributed by atoms with van der Waals surface area (Å²) in [6.45, 7) is 6.59. The van der Waals surface area contributed by atoms with Crippen LogP contribution in [0.5, 0.6) is 11.5 Å². The molecule has 1 aromatic carbocycles. The molecule has 0 unspecified atom stereocenters. The van der Waals surface area contributed by atoms with Gasteiger partial charge < -0.3 is 14.8 Å². The number of aromatic nitrogens is 2. The van der Waals surface area contributed by atoms with Crippen molar-refractivity contribution < 1.29 is 14.3 Å². The second-order valence-electron chi connectivity index (χ2n) is 4.89. The number of carbonyl (C=O) groups is 1. The van der Waals surface area contributed by atoms with Gasteiger partial charge >= 0.3 is 0 Å². The summed E-state index contributed by atoms with van der Waals surface area (Å²) in [4.78, 5) is 12.4. The molecule has 2 aromatic rings.